The number of carbonyl (C=O) groups is 1. The van der Waals surface area contributed by atoms with Crippen molar-refractivity contribution in [2.45, 2.75) is 25.8 Å². The van der Waals surface area contributed by atoms with Gasteiger partial charge in [0.2, 0.25) is 5.91 Å². The molecule has 0 saturated heterocycles. The number of rotatable bonds is 5. The van der Waals surface area contributed by atoms with Crippen molar-refractivity contribution < 1.29 is 4.79 Å². The Morgan fingerprint density at radius 3 is 3.05 bits per heavy atom. The van der Waals surface area contributed by atoms with Crippen molar-refractivity contribution in [3.05, 3.63) is 45.7 Å². The molecule has 1 N–H and O–H groups in total. The molecule has 100 valence electrons. The van der Waals surface area contributed by atoms with Crippen molar-refractivity contribution in [1.29, 1.82) is 0 Å². The van der Waals surface area contributed by atoms with Gasteiger partial charge in [0.15, 0.2) is 0 Å². The predicted molar refractivity (Wildman–Crippen MR) is 76.2 cm³/mol. The highest BCUT2D eigenvalue weighted by atomic mass is 35.5. The standard InChI is InChI=1S/C13H14ClN3OS/c1-9-6-15-3-2-10(9)7-16-12(18)4-13-17-11(5-14)8-19-13/h2-3,6,8H,4-5,7H2,1H3,(H,16,18). The molecule has 0 atom stereocenters. The number of amides is 1. The summed E-state index contributed by atoms with van der Waals surface area (Å²) in [6.45, 7) is 2.49. The van der Waals surface area contributed by atoms with Gasteiger partial charge in [-0.2, -0.15) is 0 Å². The minimum absolute atomic E-state index is 0.0355. The normalized spacial score (nSPS) is 10.4. The molecular weight excluding hydrogens is 282 g/mol. The van der Waals surface area contributed by atoms with Crippen LogP contribution in [-0.2, 0) is 23.6 Å². The van der Waals surface area contributed by atoms with Gasteiger partial charge in [-0.3, -0.25) is 9.78 Å². The van der Waals surface area contributed by atoms with Gasteiger partial charge < -0.3 is 5.32 Å². The summed E-state index contributed by atoms with van der Waals surface area (Å²) in [6, 6.07) is 1.91. The number of hydrogen-bond donors (Lipinski definition) is 1. The second kappa shape index (κ2) is 6.63. The first-order chi connectivity index (χ1) is 9.19. The van der Waals surface area contributed by atoms with Gasteiger partial charge in [-0.25, -0.2) is 4.98 Å². The fraction of sp³-hybridized carbons (Fsp3) is 0.308. The molecule has 4 nitrogen and oxygen atoms in total. The predicted octanol–water partition coefficient (Wildman–Crippen LogP) is 2.44. The van der Waals surface area contributed by atoms with E-state index in [0.29, 0.717) is 18.8 Å². The highest BCUT2D eigenvalue weighted by molar-refractivity contribution is 7.09. The molecule has 2 rings (SSSR count). The lowest BCUT2D eigenvalue weighted by Crippen LogP contribution is -2.24. The number of hydrogen-bond acceptors (Lipinski definition) is 4. The number of thiazole rings is 1. The SMILES string of the molecule is Cc1cnccc1CNC(=O)Cc1nc(CCl)cs1. The van der Waals surface area contributed by atoms with Crippen LogP contribution in [0.3, 0.4) is 0 Å². The van der Waals surface area contributed by atoms with E-state index in [1.165, 1.54) is 11.3 Å². The molecule has 0 aliphatic carbocycles. The van der Waals surface area contributed by atoms with Gasteiger partial charge in [0, 0.05) is 24.3 Å². The van der Waals surface area contributed by atoms with E-state index in [9.17, 15) is 4.79 Å². The van der Waals surface area contributed by atoms with E-state index < -0.39 is 0 Å². The third-order valence-electron chi connectivity index (χ3n) is 2.66. The maximum absolute atomic E-state index is 11.8. The Morgan fingerprint density at radius 1 is 1.53 bits per heavy atom. The highest BCUT2D eigenvalue weighted by Gasteiger charge is 2.08. The van der Waals surface area contributed by atoms with E-state index in [1.807, 2.05) is 18.4 Å². The summed E-state index contributed by atoms with van der Waals surface area (Å²) < 4.78 is 0. The molecule has 0 bridgehead atoms. The van der Waals surface area contributed by atoms with Crippen LogP contribution in [0.25, 0.3) is 0 Å². The Kier molecular flexibility index (Phi) is 4.87. The molecule has 0 spiro atoms. The van der Waals surface area contributed by atoms with Gasteiger partial charge in [0.05, 0.1) is 18.0 Å². The summed E-state index contributed by atoms with van der Waals surface area (Å²) >= 11 is 7.13. The Morgan fingerprint density at radius 2 is 2.37 bits per heavy atom. The number of aryl methyl sites for hydroxylation is 1. The Hall–Kier alpha value is -1.46. The molecule has 0 fully saturated rings. The number of aromatic nitrogens is 2. The Labute approximate surface area is 120 Å². The van der Waals surface area contributed by atoms with Crippen LogP contribution < -0.4 is 5.32 Å². The van der Waals surface area contributed by atoms with Gasteiger partial charge in [0.1, 0.15) is 5.01 Å². The lowest BCUT2D eigenvalue weighted by molar-refractivity contribution is -0.120. The van der Waals surface area contributed by atoms with E-state index in [-0.39, 0.29) is 5.91 Å². The molecule has 1 amide bonds. The number of nitrogens with one attached hydrogen (secondary N) is 1. The molecule has 0 radical (unpaired) electrons. The molecule has 0 unspecified atom stereocenters. The maximum Gasteiger partial charge on any atom is 0.227 e. The first-order valence-corrected chi connectivity index (χ1v) is 7.26. The minimum atomic E-state index is -0.0355. The fourth-order valence-electron chi connectivity index (χ4n) is 1.59. The summed E-state index contributed by atoms with van der Waals surface area (Å²) in [5.74, 6) is 0.348. The number of pyridine rings is 1. The van der Waals surface area contributed by atoms with E-state index in [1.54, 1.807) is 12.4 Å². The molecular formula is C13H14ClN3OS. The van der Waals surface area contributed by atoms with Crippen molar-refractivity contribution in [3.63, 3.8) is 0 Å². The third kappa shape index (κ3) is 4.01. The van der Waals surface area contributed by atoms with E-state index in [2.05, 4.69) is 15.3 Å². The average molecular weight is 296 g/mol. The monoisotopic (exact) mass is 295 g/mol. The molecule has 0 aliphatic heterocycles. The van der Waals surface area contributed by atoms with Crippen LogP contribution in [0.1, 0.15) is 21.8 Å². The first-order valence-electron chi connectivity index (χ1n) is 5.84. The topological polar surface area (TPSA) is 54.9 Å². The third-order valence-corrected chi connectivity index (χ3v) is 3.83. The number of carbonyl (C=O) groups excluding carboxylic acids is 1. The Balaban J connectivity index is 1.86. The highest BCUT2D eigenvalue weighted by Crippen LogP contribution is 2.12. The number of halogens is 1. The van der Waals surface area contributed by atoms with Crippen LogP contribution in [0.5, 0.6) is 0 Å². The summed E-state index contributed by atoms with van der Waals surface area (Å²) in [4.78, 5) is 20.1. The zero-order chi connectivity index (χ0) is 13.7. The van der Waals surface area contributed by atoms with Gasteiger partial charge >= 0.3 is 0 Å². The van der Waals surface area contributed by atoms with Crippen LogP contribution in [0.4, 0.5) is 0 Å². The van der Waals surface area contributed by atoms with Crippen LogP contribution in [-0.4, -0.2) is 15.9 Å². The van der Waals surface area contributed by atoms with E-state index in [0.717, 1.165) is 21.8 Å². The van der Waals surface area contributed by atoms with Gasteiger partial charge in [-0.15, -0.1) is 22.9 Å². The smallest absolute Gasteiger partial charge is 0.227 e. The average Bonchev–Trinajstić information content (AvgIpc) is 2.85. The molecule has 2 heterocycles. The maximum atomic E-state index is 11.8. The van der Waals surface area contributed by atoms with Crippen molar-refractivity contribution in [2.75, 3.05) is 0 Å². The van der Waals surface area contributed by atoms with Gasteiger partial charge in [-0.1, -0.05) is 0 Å². The molecule has 2 aromatic rings. The number of alkyl halides is 1. The van der Waals surface area contributed by atoms with Crippen molar-refractivity contribution in [1.82, 2.24) is 15.3 Å². The largest absolute Gasteiger partial charge is 0.352 e. The molecule has 19 heavy (non-hydrogen) atoms. The number of nitrogens with zero attached hydrogens (tertiary/aromatic N) is 2. The zero-order valence-electron chi connectivity index (χ0n) is 10.5. The molecule has 2 aromatic heterocycles. The van der Waals surface area contributed by atoms with Crippen LogP contribution in [0.2, 0.25) is 0 Å². The lowest BCUT2D eigenvalue weighted by atomic mass is 10.1. The molecule has 0 aromatic carbocycles. The second-order valence-corrected chi connectivity index (χ2v) is 5.33. The summed E-state index contributed by atoms with van der Waals surface area (Å²) in [5, 5.41) is 5.55. The summed E-state index contributed by atoms with van der Waals surface area (Å²) in [7, 11) is 0. The van der Waals surface area contributed by atoms with Crippen molar-refractivity contribution in [3.8, 4) is 0 Å². The van der Waals surface area contributed by atoms with Crippen LogP contribution in [0.15, 0.2) is 23.8 Å². The van der Waals surface area contributed by atoms with Crippen molar-refractivity contribution in [2.24, 2.45) is 0 Å². The van der Waals surface area contributed by atoms with E-state index in [4.69, 9.17) is 11.6 Å². The zero-order valence-corrected chi connectivity index (χ0v) is 12.1. The molecule has 0 aliphatic rings. The molecule has 0 saturated carbocycles. The fourth-order valence-corrected chi connectivity index (χ4v) is 2.61. The van der Waals surface area contributed by atoms with Crippen LogP contribution in [0, 0.1) is 6.92 Å². The van der Waals surface area contributed by atoms with E-state index >= 15 is 0 Å². The minimum Gasteiger partial charge on any atom is -0.352 e. The summed E-state index contributed by atoms with van der Waals surface area (Å²) in [6.07, 6.45) is 3.81. The summed E-state index contributed by atoms with van der Waals surface area (Å²) in [5.41, 5.74) is 2.96. The van der Waals surface area contributed by atoms with Crippen molar-refractivity contribution >= 4 is 28.8 Å². The van der Waals surface area contributed by atoms with Gasteiger partial charge in [-0.05, 0) is 24.1 Å². The van der Waals surface area contributed by atoms with Crippen LogP contribution >= 0.6 is 22.9 Å². The Bertz CT molecular complexity index is 571. The second-order valence-electron chi connectivity index (χ2n) is 4.12. The van der Waals surface area contributed by atoms with Gasteiger partial charge in [0.25, 0.3) is 0 Å². The molecule has 6 heteroatoms. The first kappa shape index (κ1) is 14.0. The quantitative estimate of drug-likeness (QED) is 0.862. The lowest BCUT2D eigenvalue weighted by Gasteiger charge is -2.06.